The number of ether oxygens (including phenoxy) is 1. The number of carbonyl (C=O) groups is 3. The van der Waals surface area contributed by atoms with Gasteiger partial charge in [-0.15, -0.1) is 22.9 Å². The number of nitrogens with zero attached hydrogens (tertiary/aromatic N) is 3. The van der Waals surface area contributed by atoms with Crippen molar-refractivity contribution in [2.45, 2.75) is 69.5 Å². The Labute approximate surface area is 213 Å². The number of rotatable bonds is 5. The second-order valence-electron chi connectivity index (χ2n) is 9.62. The summed E-state index contributed by atoms with van der Waals surface area (Å²) in [6, 6.07) is 2.29. The number of carbonyl (C=O) groups excluding carboxylic acids is 3. The molecule has 5 rings (SSSR count). The topological polar surface area (TPSA) is 101 Å². The summed E-state index contributed by atoms with van der Waals surface area (Å²) in [4.78, 5) is 51.2. The first-order valence-corrected chi connectivity index (χ1v) is 13.4. The van der Waals surface area contributed by atoms with Gasteiger partial charge in [-0.05, 0) is 44.7 Å². The van der Waals surface area contributed by atoms with Crippen LogP contribution in [0.5, 0.6) is 0 Å². The van der Waals surface area contributed by atoms with Crippen molar-refractivity contribution in [1.29, 1.82) is 0 Å². The monoisotopic (exact) mass is 516 g/mol. The van der Waals surface area contributed by atoms with Gasteiger partial charge in [-0.1, -0.05) is 19.3 Å². The Morgan fingerprint density at radius 3 is 2.74 bits per heavy atom. The second-order valence-corrected chi connectivity index (χ2v) is 11.3. The second kappa shape index (κ2) is 9.95. The maximum Gasteiger partial charge on any atom is 0.262 e. The van der Waals surface area contributed by atoms with Gasteiger partial charge in [-0.25, -0.2) is 9.97 Å². The molecule has 0 aromatic carbocycles. The van der Waals surface area contributed by atoms with Gasteiger partial charge in [0.05, 0.1) is 10.3 Å². The highest BCUT2D eigenvalue weighted by Crippen LogP contribution is 2.34. The number of nitrogens with one attached hydrogen (secondary N) is 1. The van der Waals surface area contributed by atoms with Crippen molar-refractivity contribution in [2.24, 2.45) is 5.92 Å². The minimum atomic E-state index is -0.700. The van der Waals surface area contributed by atoms with E-state index in [2.05, 4.69) is 15.3 Å². The maximum atomic E-state index is 13.8. The number of ketones is 1. The lowest BCUT2D eigenvalue weighted by molar-refractivity contribution is -0.139. The summed E-state index contributed by atoms with van der Waals surface area (Å²) < 4.78 is 5.55. The number of amides is 2. The Kier molecular flexibility index (Phi) is 6.92. The number of thiophene rings is 1. The number of hydrogen-bond donors (Lipinski definition) is 1. The Morgan fingerprint density at radius 1 is 1.23 bits per heavy atom. The van der Waals surface area contributed by atoms with Crippen LogP contribution in [0, 0.1) is 19.8 Å². The summed E-state index contributed by atoms with van der Waals surface area (Å²) in [5.74, 6) is 0.0744. The SMILES string of the molecule is Cc1ncc(-c2ccc(C(=O)N[C@H](C(=O)N3C[C@H](Cl)[C@H]4OCC(=O)[C@H]43)C3CCCCC3)s2)c(C)n1. The summed E-state index contributed by atoms with van der Waals surface area (Å²) in [7, 11) is 0. The van der Waals surface area contributed by atoms with E-state index in [-0.39, 0.29) is 36.7 Å². The molecular weight excluding hydrogens is 488 g/mol. The molecule has 0 bridgehead atoms. The number of Topliss-reactive ketones (excluding diaryl/α,β-unsaturated/α-hetero) is 1. The molecule has 1 N–H and O–H groups in total. The highest BCUT2D eigenvalue weighted by Gasteiger charge is 2.53. The number of likely N-dealkylation sites (tertiary alicyclic amines) is 1. The van der Waals surface area contributed by atoms with Gasteiger partial charge >= 0.3 is 0 Å². The number of halogens is 1. The molecule has 2 saturated heterocycles. The first-order valence-electron chi connectivity index (χ1n) is 12.1. The van der Waals surface area contributed by atoms with Crippen LogP contribution in [0.2, 0.25) is 0 Å². The summed E-state index contributed by atoms with van der Waals surface area (Å²) in [5.41, 5.74) is 1.74. The highest BCUT2D eigenvalue weighted by atomic mass is 35.5. The van der Waals surface area contributed by atoms with Crippen LogP contribution in [-0.2, 0) is 14.3 Å². The van der Waals surface area contributed by atoms with Crippen LogP contribution < -0.4 is 5.32 Å². The van der Waals surface area contributed by atoms with Crippen LogP contribution >= 0.6 is 22.9 Å². The van der Waals surface area contributed by atoms with Crippen LogP contribution in [0.25, 0.3) is 10.4 Å². The van der Waals surface area contributed by atoms with Crippen molar-refractivity contribution in [1.82, 2.24) is 20.2 Å². The Balaban J connectivity index is 1.37. The normalized spacial score (nSPS) is 25.5. The van der Waals surface area contributed by atoms with Crippen LogP contribution in [-0.4, -0.2) is 69.2 Å². The zero-order valence-corrected chi connectivity index (χ0v) is 21.4. The van der Waals surface area contributed by atoms with Crippen molar-refractivity contribution in [3.8, 4) is 10.4 Å². The van der Waals surface area contributed by atoms with Crippen molar-refractivity contribution in [3.63, 3.8) is 0 Å². The quantitative estimate of drug-likeness (QED) is 0.612. The Morgan fingerprint density at radius 2 is 2.00 bits per heavy atom. The van der Waals surface area contributed by atoms with E-state index in [9.17, 15) is 14.4 Å². The lowest BCUT2D eigenvalue weighted by Crippen LogP contribution is -2.55. The smallest absolute Gasteiger partial charge is 0.262 e. The summed E-state index contributed by atoms with van der Waals surface area (Å²) in [5, 5.41) is 2.60. The molecule has 0 radical (unpaired) electrons. The first kappa shape index (κ1) is 24.3. The molecule has 3 fully saturated rings. The molecule has 10 heteroatoms. The molecule has 0 unspecified atom stereocenters. The van der Waals surface area contributed by atoms with Gasteiger partial charge in [0, 0.05) is 28.9 Å². The van der Waals surface area contributed by atoms with E-state index >= 15 is 0 Å². The van der Waals surface area contributed by atoms with Crippen LogP contribution in [0.1, 0.15) is 53.3 Å². The maximum absolute atomic E-state index is 13.8. The zero-order chi connectivity index (χ0) is 24.7. The van der Waals surface area contributed by atoms with Crippen molar-refractivity contribution in [3.05, 3.63) is 34.7 Å². The number of hydrogen-bond acceptors (Lipinski definition) is 7. The first-order chi connectivity index (χ1) is 16.8. The molecule has 4 heterocycles. The van der Waals surface area contributed by atoms with Gasteiger partial charge in [0.1, 0.15) is 30.6 Å². The van der Waals surface area contributed by atoms with Crippen molar-refractivity contribution < 1.29 is 19.1 Å². The summed E-state index contributed by atoms with van der Waals surface area (Å²) in [6.45, 7) is 3.98. The zero-order valence-electron chi connectivity index (χ0n) is 19.8. The molecule has 1 saturated carbocycles. The average molecular weight is 517 g/mol. The van der Waals surface area contributed by atoms with E-state index in [4.69, 9.17) is 16.3 Å². The largest absolute Gasteiger partial charge is 0.366 e. The van der Waals surface area contributed by atoms with Crippen molar-refractivity contribution >= 4 is 40.5 Å². The summed E-state index contributed by atoms with van der Waals surface area (Å²) in [6.07, 6.45) is 6.19. The standard InChI is InChI=1S/C25H29ClN4O4S/c1-13-16(10-27-14(2)28-13)19-8-9-20(35-19)24(32)29-21(15-6-4-3-5-7-15)25(33)30-11-17(26)23-22(30)18(31)12-34-23/h8-10,15,17,21-23H,3-7,11-12H2,1-2H3,(H,29,32)/t17-,21-,22+,23+/m0/s1. The minimum Gasteiger partial charge on any atom is -0.366 e. The Bertz CT molecular complexity index is 1150. The molecule has 3 aliphatic rings. The van der Waals surface area contributed by atoms with E-state index in [0.29, 0.717) is 10.7 Å². The minimum absolute atomic E-state index is 0.0249. The third kappa shape index (κ3) is 4.73. The highest BCUT2D eigenvalue weighted by molar-refractivity contribution is 7.17. The van der Waals surface area contributed by atoms with E-state index in [0.717, 1.165) is 48.2 Å². The average Bonchev–Trinajstić information content (AvgIpc) is 3.56. The lowest BCUT2D eigenvalue weighted by Gasteiger charge is -2.34. The molecule has 4 atom stereocenters. The van der Waals surface area contributed by atoms with Crippen LogP contribution in [0.15, 0.2) is 18.3 Å². The van der Waals surface area contributed by atoms with Gasteiger partial charge < -0.3 is 15.0 Å². The third-order valence-corrected chi connectivity index (χ3v) is 8.78. The van der Waals surface area contributed by atoms with E-state index in [1.54, 1.807) is 17.2 Å². The number of aromatic nitrogens is 2. The fraction of sp³-hybridized carbons (Fsp3) is 0.560. The molecule has 35 heavy (non-hydrogen) atoms. The number of fused-ring (bicyclic) bond motifs is 1. The van der Waals surface area contributed by atoms with Crippen molar-refractivity contribution in [2.75, 3.05) is 13.2 Å². The van der Waals surface area contributed by atoms with E-state index < -0.39 is 23.6 Å². The van der Waals surface area contributed by atoms with Gasteiger partial charge in [0.2, 0.25) is 5.91 Å². The fourth-order valence-corrected chi connectivity index (χ4v) is 6.82. The van der Waals surface area contributed by atoms with Crippen LogP contribution in [0.3, 0.4) is 0 Å². The van der Waals surface area contributed by atoms with E-state index in [1.807, 2.05) is 19.9 Å². The summed E-state index contributed by atoms with van der Waals surface area (Å²) >= 11 is 7.78. The molecule has 2 amide bonds. The van der Waals surface area contributed by atoms with Gasteiger partial charge in [-0.2, -0.15) is 0 Å². The lowest BCUT2D eigenvalue weighted by atomic mass is 9.83. The van der Waals surface area contributed by atoms with Gasteiger partial charge in [0.25, 0.3) is 5.91 Å². The van der Waals surface area contributed by atoms with Gasteiger partial charge in [-0.3, -0.25) is 14.4 Å². The molecule has 2 aromatic rings. The fourth-order valence-electron chi connectivity index (χ4n) is 5.49. The number of aryl methyl sites for hydroxylation is 2. The molecule has 0 spiro atoms. The molecule has 1 aliphatic carbocycles. The predicted molar refractivity (Wildman–Crippen MR) is 133 cm³/mol. The Hall–Kier alpha value is -2.36. The molecule has 2 aliphatic heterocycles. The van der Waals surface area contributed by atoms with E-state index in [1.165, 1.54) is 11.3 Å². The molecule has 186 valence electrons. The molecule has 2 aromatic heterocycles. The van der Waals surface area contributed by atoms with Crippen LogP contribution in [0.4, 0.5) is 0 Å². The van der Waals surface area contributed by atoms with Gasteiger partial charge in [0.15, 0.2) is 5.78 Å². The predicted octanol–water partition coefficient (Wildman–Crippen LogP) is 3.29. The molecular formula is C25H29ClN4O4S. The third-order valence-electron chi connectivity index (χ3n) is 7.27. The molecule has 8 nitrogen and oxygen atoms in total. The number of alkyl halides is 1.